The molecule has 0 bridgehead atoms. The molecule has 0 aromatic carbocycles. The summed E-state index contributed by atoms with van der Waals surface area (Å²) < 4.78 is 0. The number of pyridine rings is 1. The minimum absolute atomic E-state index is 0.0258. The summed E-state index contributed by atoms with van der Waals surface area (Å²) in [5, 5.41) is 5.68. The Hall–Kier alpha value is -3.36. The Morgan fingerprint density at radius 2 is 2.09 bits per heavy atom. The maximum atomic E-state index is 11.7. The predicted molar refractivity (Wildman–Crippen MR) is 83.3 cm³/mol. The predicted octanol–water partition coefficient (Wildman–Crippen LogP) is -0.265. The minimum Gasteiger partial charge on any atom is -0.404 e. The topological polar surface area (TPSA) is 152 Å². The first-order valence-corrected chi connectivity index (χ1v) is 6.28. The zero-order valence-corrected chi connectivity index (χ0v) is 11.8. The van der Waals surface area contributed by atoms with Crippen molar-refractivity contribution in [3.8, 4) is 0 Å². The summed E-state index contributed by atoms with van der Waals surface area (Å²) in [4.78, 5) is 33.8. The number of carbonyl (C=O) groups is 1. The number of hydrogen-bond donors (Lipinski definition) is 5. The van der Waals surface area contributed by atoms with Crippen molar-refractivity contribution in [1.82, 2.24) is 15.0 Å². The molecule has 1 amide bonds. The first kappa shape index (κ1) is 15.0. The van der Waals surface area contributed by atoms with E-state index in [1.807, 2.05) is 0 Å². The van der Waals surface area contributed by atoms with Gasteiger partial charge in [0, 0.05) is 25.5 Å². The van der Waals surface area contributed by atoms with Gasteiger partial charge in [-0.15, -0.1) is 0 Å². The van der Waals surface area contributed by atoms with Gasteiger partial charge in [-0.1, -0.05) is 0 Å². The van der Waals surface area contributed by atoms with Crippen LogP contribution in [0.4, 0.5) is 17.3 Å². The van der Waals surface area contributed by atoms with Gasteiger partial charge < -0.3 is 27.1 Å². The monoisotopic (exact) mass is 301 g/mol. The van der Waals surface area contributed by atoms with E-state index in [4.69, 9.17) is 11.5 Å². The molecule has 0 aliphatic heterocycles. The largest absolute Gasteiger partial charge is 0.404 e. The standard InChI is InChI=1S/C13H15N7O2/c1-16-9-5-10(18-8-3-2-4-17-13(8)22)20-12(19-9)7(6-14)11(15)21/h2-6H,14H2,1H3,(H2,15,21)(H,17,22)(H2,16,18,19,20)/b7-6-. The summed E-state index contributed by atoms with van der Waals surface area (Å²) >= 11 is 0. The summed E-state index contributed by atoms with van der Waals surface area (Å²) in [6, 6.07) is 4.83. The molecule has 9 nitrogen and oxygen atoms in total. The summed E-state index contributed by atoms with van der Waals surface area (Å²) in [6.45, 7) is 0. The highest BCUT2D eigenvalue weighted by atomic mass is 16.1. The molecule has 0 saturated heterocycles. The van der Waals surface area contributed by atoms with E-state index in [1.165, 1.54) is 6.20 Å². The van der Waals surface area contributed by atoms with Gasteiger partial charge in [0.15, 0.2) is 5.82 Å². The van der Waals surface area contributed by atoms with Crippen LogP contribution in [0.2, 0.25) is 0 Å². The quantitative estimate of drug-likeness (QED) is 0.477. The third-order valence-corrected chi connectivity index (χ3v) is 2.74. The van der Waals surface area contributed by atoms with E-state index in [2.05, 4.69) is 25.6 Å². The van der Waals surface area contributed by atoms with Crippen molar-refractivity contribution in [3.63, 3.8) is 0 Å². The Kier molecular flexibility index (Phi) is 4.37. The van der Waals surface area contributed by atoms with Crippen LogP contribution in [0.3, 0.4) is 0 Å². The number of nitrogens with two attached hydrogens (primary N) is 2. The van der Waals surface area contributed by atoms with E-state index in [1.54, 1.807) is 25.2 Å². The zero-order chi connectivity index (χ0) is 16.1. The summed E-state index contributed by atoms with van der Waals surface area (Å²) in [7, 11) is 1.65. The molecule has 0 aliphatic carbocycles. The van der Waals surface area contributed by atoms with Gasteiger partial charge in [-0.2, -0.15) is 0 Å². The highest BCUT2D eigenvalue weighted by molar-refractivity contribution is 6.17. The number of rotatable bonds is 5. The molecule has 0 radical (unpaired) electrons. The van der Waals surface area contributed by atoms with Crippen LogP contribution >= 0.6 is 0 Å². The van der Waals surface area contributed by atoms with Crippen molar-refractivity contribution >= 4 is 28.8 Å². The molecular formula is C13H15N7O2. The van der Waals surface area contributed by atoms with Crippen molar-refractivity contribution in [3.05, 3.63) is 46.8 Å². The van der Waals surface area contributed by atoms with Crippen LogP contribution in [-0.2, 0) is 4.79 Å². The Bertz CT molecular complexity index is 782. The smallest absolute Gasteiger partial charge is 0.271 e. The van der Waals surface area contributed by atoms with Gasteiger partial charge in [-0.3, -0.25) is 9.59 Å². The number of amides is 1. The molecule has 0 atom stereocenters. The van der Waals surface area contributed by atoms with Gasteiger partial charge in [0.25, 0.3) is 11.5 Å². The third-order valence-electron chi connectivity index (χ3n) is 2.74. The lowest BCUT2D eigenvalue weighted by molar-refractivity contribution is -0.112. The minimum atomic E-state index is -0.751. The molecule has 0 saturated carbocycles. The zero-order valence-electron chi connectivity index (χ0n) is 11.8. The molecule has 0 spiro atoms. The molecule has 2 heterocycles. The first-order valence-electron chi connectivity index (χ1n) is 6.28. The second-order valence-electron chi connectivity index (χ2n) is 4.19. The van der Waals surface area contributed by atoms with Crippen molar-refractivity contribution < 1.29 is 4.79 Å². The van der Waals surface area contributed by atoms with E-state index in [0.717, 1.165) is 6.20 Å². The maximum Gasteiger partial charge on any atom is 0.271 e. The van der Waals surface area contributed by atoms with Gasteiger partial charge >= 0.3 is 0 Å². The molecule has 7 N–H and O–H groups in total. The van der Waals surface area contributed by atoms with Crippen molar-refractivity contribution in [2.45, 2.75) is 0 Å². The van der Waals surface area contributed by atoms with Crippen molar-refractivity contribution in [1.29, 1.82) is 0 Å². The number of H-pyrrole nitrogens is 1. The normalized spacial score (nSPS) is 11.0. The number of hydrogen-bond acceptors (Lipinski definition) is 7. The van der Waals surface area contributed by atoms with Gasteiger partial charge in [0.1, 0.15) is 17.3 Å². The number of primary amides is 1. The third kappa shape index (κ3) is 3.20. The lowest BCUT2D eigenvalue weighted by Crippen LogP contribution is -2.17. The van der Waals surface area contributed by atoms with E-state index < -0.39 is 5.91 Å². The van der Waals surface area contributed by atoms with Gasteiger partial charge in [0.05, 0.1) is 5.57 Å². The molecule has 9 heteroatoms. The Balaban J connectivity index is 2.46. The second-order valence-corrected chi connectivity index (χ2v) is 4.19. The Morgan fingerprint density at radius 1 is 1.36 bits per heavy atom. The number of nitrogens with zero attached hydrogens (tertiary/aromatic N) is 2. The summed E-state index contributed by atoms with van der Waals surface area (Å²) in [6.07, 6.45) is 2.55. The SMILES string of the molecule is CNc1cc(Nc2ccc[nH]c2=O)nc(/C(=C\N)C(N)=O)n1. The number of aromatic amines is 1. The average Bonchev–Trinajstić information content (AvgIpc) is 2.49. The molecule has 114 valence electrons. The van der Waals surface area contributed by atoms with Crippen molar-refractivity contribution in [2.75, 3.05) is 17.7 Å². The van der Waals surface area contributed by atoms with Crippen LogP contribution in [-0.4, -0.2) is 27.9 Å². The van der Waals surface area contributed by atoms with Gasteiger partial charge in [0.2, 0.25) is 0 Å². The molecule has 22 heavy (non-hydrogen) atoms. The van der Waals surface area contributed by atoms with Gasteiger partial charge in [-0.05, 0) is 12.1 Å². The fourth-order valence-electron chi connectivity index (χ4n) is 1.68. The lowest BCUT2D eigenvalue weighted by atomic mass is 10.2. The van der Waals surface area contributed by atoms with E-state index in [9.17, 15) is 9.59 Å². The van der Waals surface area contributed by atoms with Crippen LogP contribution in [0.25, 0.3) is 5.57 Å². The molecule has 2 rings (SSSR count). The molecule has 0 fully saturated rings. The number of anilines is 3. The summed E-state index contributed by atoms with van der Waals surface area (Å²) in [5.41, 5.74) is 10.6. The fourth-order valence-corrected chi connectivity index (χ4v) is 1.68. The highest BCUT2D eigenvalue weighted by Gasteiger charge is 2.14. The van der Waals surface area contributed by atoms with E-state index in [0.29, 0.717) is 17.3 Å². The van der Waals surface area contributed by atoms with E-state index >= 15 is 0 Å². The van der Waals surface area contributed by atoms with Gasteiger partial charge in [-0.25, -0.2) is 9.97 Å². The molecule has 0 unspecified atom stereocenters. The molecular weight excluding hydrogens is 286 g/mol. The maximum absolute atomic E-state index is 11.7. The van der Waals surface area contributed by atoms with Crippen LogP contribution in [0, 0.1) is 0 Å². The fraction of sp³-hybridized carbons (Fsp3) is 0.0769. The summed E-state index contributed by atoms with van der Waals surface area (Å²) in [5.74, 6) is 0.0445. The lowest BCUT2D eigenvalue weighted by Gasteiger charge is -2.09. The second kappa shape index (κ2) is 6.39. The Labute approximate surface area is 125 Å². The molecule has 0 aliphatic rings. The number of nitrogens with one attached hydrogen (secondary N) is 3. The average molecular weight is 301 g/mol. The van der Waals surface area contributed by atoms with Crippen LogP contribution in [0.15, 0.2) is 35.4 Å². The Morgan fingerprint density at radius 3 is 2.68 bits per heavy atom. The first-order chi connectivity index (χ1) is 10.5. The van der Waals surface area contributed by atoms with Crippen LogP contribution < -0.4 is 27.7 Å². The van der Waals surface area contributed by atoms with Crippen molar-refractivity contribution in [2.24, 2.45) is 11.5 Å². The number of carbonyl (C=O) groups excluding carboxylic acids is 1. The van der Waals surface area contributed by atoms with Crippen LogP contribution in [0.1, 0.15) is 5.82 Å². The van der Waals surface area contributed by atoms with Crippen LogP contribution in [0.5, 0.6) is 0 Å². The molecule has 2 aromatic heterocycles. The number of aromatic nitrogens is 3. The highest BCUT2D eigenvalue weighted by Crippen LogP contribution is 2.18. The van der Waals surface area contributed by atoms with E-state index in [-0.39, 0.29) is 17.0 Å². The molecule has 2 aromatic rings.